The van der Waals surface area contributed by atoms with Crippen LogP contribution in [0.25, 0.3) is 0 Å². The van der Waals surface area contributed by atoms with E-state index in [4.69, 9.17) is 9.47 Å². The van der Waals surface area contributed by atoms with Crippen LogP contribution < -0.4 is 5.32 Å². The van der Waals surface area contributed by atoms with Gasteiger partial charge in [0.05, 0.1) is 0 Å². The van der Waals surface area contributed by atoms with Gasteiger partial charge in [0.2, 0.25) is 0 Å². The highest BCUT2D eigenvalue weighted by Gasteiger charge is 2.55. The van der Waals surface area contributed by atoms with E-state index in [1.165, 1.54) is 0 Å². The van der Waals surface area contributed by atoms with Crippen LogP contribution in [0.1, 0.15) is 53.4 Å². The van der Waals surface area contributed by atoms with Crippen LogP contribution in [0.15, 0.2) is 0 Å². The first-order chi connectivity index (χ1) is 11.5. The molecule has 2 fully saturated rings. The minimum Gasteiger partial charge on any atom is -0.457 e. The SMILES string of the molecule is C[C@@H]1CCCC[C@]12NC(=O)N(CC(=O)OCC(=O)OC(C)(C)C)C2=O. The second-order valence-electron chi connectivity index (χ2n) is 7.69. The Morgan fingerprint density at radius 3 is 2.52 bits per heavy atom. The summed E-state index contributed by atoms with van der Waals surface area (Å²) < 4.78 is 9.85. The summed E-state index contributed by atoms with van der Waals surface area (Å²) in [7, 11) is 0. The Bertz CT molecular complexity index is 582. The molecule has 1 saturated heterocycles. The van der Waals surface area contributed by atoms with Gasteiger partial charge in [0.25, 0.3) is 5.91 Å². The van der Waals surface area contributed by atoms with Gasteiger partial charge in [0.1, 0.15) is 17.7 Å². The first-order valence-corrected chi connectivity index (χ1v) is 8.57. The standard InChI is InChI=1S/C17H26N2O6/c1-11-7-5-6-8-17(11)14(22)19(15(23)18-17)9-12(20)24-10-13(21)25-16(2,3)4/h11H,5-10H2,1-4H3,(H,18,23)/t11-,17+/m1/s1. The number of nitrogens with zero attached hydrogens (tertiary/aromatic N) is 1. The molecule has 0 bridgehead atoms. The van der Waals surface area contributed by atoms with Crippen LogP contribution in [0.2, 0.25) is 0 Å². The fraction of sp³-hybridized carbons (Fsp3) is 0.765. The lowest BCUT2D eigenvalue weighted by molar-refractivity contribution is -0.166. The van der Waals surface area contributed by atoms with Crippen molar-refractivity contribution in [2.45, 2.75) is 64.5 Å². The fourth-order valence-corrected chi connectivity index (χ4v) is 3.32. The van der Waals surface area contributed by atoms with E-state index in [0.29, 0.717) is 6.42 Å². The van der Waals surface area contributed by atoms with Crippen molar-refractivity contribution in [3.05, 3.63) is 0 Å². The molecule has 3 amide bonds. The van der Waals surface area contributed by atoms with Crippen molar-refractivity contribution in [2.75, 3.05) is 13.2 Å². The highest BCUT2D eigenvalue weighted by molar-refractivity contribution is 6.09. The highest BCUT2D eigenvalue weighted by Crippen LogP contribution is 2.38. The monoisotopic (exact) mass is 354 g/mol. The second kappa shape index (κ2) is 7.01. The van der Waals surface area contributed by atoms with Crippen molar-refractivity contribution < 1.29 is 28.7 Å². The molecular weight excluding hydrogens is 328 g/mol. The average Bonchev–Trinajstić information content (AvgIpc) is 2.72. The van der Waals surface area contributed by atoms with E-state index in [1.54, 1.807) is 20.8 Å². The summed E-state index contributed by atoms with van der Waals surface area (Å²) in [6, 6.07) is -0.590. The van der Waals surface area contributed by atoms with Crippen molar-refractivity contribution in [2.24, 2.45) is 5.92 Å². The van der Waals surface area contributed by atoms with E-state index in [9.17, 15) is 19.2 Å². The molecule has 1 spiro atoms. The number of nitrogens with one attached hydrogen (secondary N) is 1. The lowest BCUT2D eigenvalue weighted by atomic mass is 9.73. The van der Waals surface area contributed by atoms with Gasteiger partial charge in [0, 0.05) is 0 Å². The molecular formula is C17H26N2O6. The number of carbonyl (C=O) groups excluding carboxylic acids is 4. The Morgan fingerprint density at radius 1 is 1.24 bits per heavy atom. The molecule has 1 aliphatic carbocycles. The first-order valence-electron chi connectivity index (χ1n) is 8.57. The third-order valence-electron chi connectivity index (χ3n) is 4.56. The number of esters is 2. The van der Waals surface area contributed by atoms with E-state index in [2.05, 4.69) is 5.32 Å². The van der Waals surface area contributed by atoms with E-state index in [-0.39, 0.29) is 11.8 Å². The number of ether oxygens (including phenoxy) is 2. The summed E-state index contributed by atoms with van der Waals surface area (Å²) in [4.78, 5) is 49.2. The lowest BCUT2D eigenvalue weighted by Crippen LogP contribution is -2.54. The van der Waals surface area contributed by atoms with Gasteiger partial charge in [-0.25, -0.2) is 9.59 Å². The number of urea groups is 1. The van der Waals surface area contributed by atoms with Crippen LogP contribution in [0.4, 0.5) is 4.79 Å². The van der Waals surface area contributed by atoms with E-state index in [1.807, 2.05) is 6.92 Å². The predicted octanol–water partition coefficient (Wildman–Crippen LogP) is 1.37. The molecule has 8 heteroatoms. The van der Waals surface area contributed by atoms with Crippen molar-refractivity contribution in [3.63, 3.8) is 0 Å². The van der Waals surface area contributed by atoms with Gasteiger partial charge in [-0.05, 0) is 39.5 Å². The van der Waals surface area contributed by atoms with Gasteiger partial charge in [-0.3, -0.25) is 14.5 Å². The number of amides is 3. The molecule has 1 aliphatic heterocycles. The molecule has 0 aromatic carbocycles. The number of hydrogen-bond donors (Lipinski definition) is 1. The lowest BCUT2D eigenvalue weighted by Gasteiger charge is -2.36. The topological polar surface area (TPSA) is 102 Å². The van der Waals surface area contributed by atoms with Crippen LogP contribution in [-0.4, -0.2) is 53.1 Å². The fourth-order valence-electron chi connectivity index (χ4n) is 3.32. The second-order valence-corrected chi connectivity index (χ2v) is 7.69. The molecule has 0 aromatic rings. The van der Waals surface area contributed by atoms with Crippen molar-refractivity contribution >= 4 is 23.9 Å². The zero-order valence-electron chi connectivity index (χ0n) is 15.2. The normalized spacial score (nSPS) is 26.6. The highest BCUT2D eigenvalue weighted by atomic mass is 16.6. The van der Waals surface area contributed by atoms with Gasteiger partial charge in [-0.1, -0.05) is 19.8 Å². The molecule has 1 saturated carbocycles. The van der Waals surface area contributed by atoms with Gasteiger partial charge in [0.15, 0.2) is 6.61 Å². The zero-order chi connectivity index (χ0) is 18.8. The smallest absolute Gasteiger partial charge is 0.344 e. The molecule has 2 atom stereocenters. The maximum atomic E-state index is 12.7. The van der Waals surface area contributed by atoms with Crippen molar-refractivity contribution in [1.82, 2.24) is 10.2 Å². The Labute approximate surface area is 147 Å². The zero-order valence-corrected chi connectivity index (χ0v) is 15.2. The Balaban J connectivity index is 1.91. The number of imide groups is 1. The molecule has 2 rings (SSSR count). The molecule has 140 valence electrons. The molecule has 1 heterocycles. The van der Waals surface area contributed by atoms with Gasteiger partial charge >= 0.3 is 18.0 Å². The summed E-state index contributed by atoms with van der Waals surface area (Å²) in [6.07, 6.45) is 3.29. The predicted molar refractivity (Wildman–Crippen MR) is 87.4 cm³/mol. The molecule has 0 aromatic heterocycles. The van der Waals surface area contributed by atoms with Crippen molar-refractivity contribution in [3.8, 4) is 0 Å². The molecule has 1 N–H and O–H groups in total. The minimum absolute atomic E-state index is 0.0143. The summed E-state index contributed by atoms with van der Waals surface area (Å²) in [5.74, 6) is -1.88. The maximum absolute atomic E-state index is 12.7. The number of rotatable bonds is 4. The molecule has 2 aliphatic rings. The Morgan fingerprint density at radius 2 is 1.92 bits per heavy atom. The molecule has 0 radical (unpaired) electrons. The molecule has 0 unspecified atom stereocenters. The summed E-state index contributed by atoms with van der Waals surface area (Å²) in [6.45, 7) is 5.96. The van der Waals surface area contributed by atoms with E-state index >= 15 is 0 Å². The van der Waals surface area contributed by atoms with E-state index < -0.39 is 42.3 Å². The van der Waals surface area contributed by atoms with Gasteiger partial charge in [-0.15, -0.1) is 0 Å². The third kappa shape index (κ3) is 4.29. The Hall–Kier alpha value is -2.12. The van der Waals surface area contributed by atoms with E-state index in [0.717, 1.165) is 24.2 Å². The number of hydrogen-bond acceptors (Lipinski definition) is 6. The third-order valence-corrected chi connectivity index (χ3v) is 4.56. The summed E-state index contributed by atoms with van der Waals surface area (Å²) in [5.41, 5.74) is -1.60. The van der Waals surface area contributed by atoms with Gasteiger partial charge < -0.3 is 14.8 Å². The Kier molecular flexibility index (Phi) is 5.39. The first kappa shape index (κ1) is 19.2. The average molecular weight is 354 g/mol. The van der Waals surface area contributed by atoms with Crippen molar-refractivity contribution in [1.29, 1.82) is 0 Å². The molecule has 25 heavy (non-hydrogen) atoms. The van der Waals surface area contributed by atoms with Crippen LogP contribution in [-0.2, 0) is 23.9 Å². The van der Waals surface area contributed by atoms with Crippen LogP contribution >= 0.6 is 0 Å². The minimum atomic E-state index is -0.916. The van der Waals surface area contributed by atoms with Crippen LogP contribution in [0.3, 0.4) is 0 Å². The quantitative estimate of drug-likeness (QED) is 0.604. The summed E-state index contributed by atoms with van der Waals surface area (Å²) in [5, 5.41) is 2.76. The molecule has 8 nitrogen and oxygen atoms in total. The summed E-state index contributed by atoms with van der Waals surface area (Å²) >= 11 is 0. The van der Waals surface area contributed by atoms with Crippen LogP contribution in [0, 0.1) is 5.92 Å². The van der Waals surface area contributed by atoms with Crippen LogP contribution in [0.5, 0.6) is 0 Å². The maximum Gasteiger partial charge on any atom is 0.344 e. The van der Waals surface area contributed by atoms with Gasteiger partial charge in [-0.2, -0.15) is 0 Å². The largest absolute Gasteiger partial charge is 0.457 e. The number of carbonyl (C=O) groups is 4.